The van der Waals surface area contributed by atoms with Crippen LogP contribution in [0.25, 0.3) is 0 Å². The predicted octanol–water partition coefficient (Wildman–Crippen LogP) is -0.308. The summed E-state index contributed by atoms with van der Waals surface area (Å²) in [5.41, 5.74) is 0.325. The first-order valence-electron chi connectivity index (χ1n) is 9.22. The van der Waals surface area contributed by atoms with Gasteiger partial charge in [0, 0.05) is 60.7 Å². The van der Waals surface area contributed by atoms with Gasteiger partial charge in [-0.2, -0.15) is 5.10 Å². The zero-order valence-corrected chi connectivity index (χ0v) is 14.7. The van der Waals surface area contributed by atoms with E-state index < -0.39 is 0 Å². The number of hydrogen-bond acceptors (Lipinski definition) is 5. The van der Waals surface area contributed by atoms with E-state index in [9.17, 15) is 14.4 Å². The quantitative estimate of drug-likeness (QED) is 0.771. The summed E-state index contributed by atoms with van der Waals surface area (Å²) in [5.74, 6) is 0.500. The Labute approximate surface area is 150 Å². The number of aryl methyl sites for hydroxylation is 1. The lowest BCUT2D eigenvalue weighted by Gasteiger charge is -2.19. The van der Waals surface area contributed by atoms with Crippen molar-refractivity contribution < 1.29 is 14.3 Å². The minimum Gasteiger partial charge on any atom is -0.381 e. The molecular formula is C18H22N4O4. The Morgan fingerprint density at radius 1 is 1.38 bits per heavy atom. The van der Waals surface area contributed by atoms with Crippen molar-refractivity contribution in [3.8, 4) is 0 Å². The normalized spacial score (nSPS) is 36.9. The summed E-state index contributed by atoms with van der Waals surface area (Å²) < 4.78 is 5.44. The molecule has 2 N–H and O–H groups in total. The van der Waals surface area contributed by atoms with Crippen LogP contribution >= 0.6 is 0 Å². The van der Waals surface area contributed by atoms with Crippen LogP contribution in [-0.2, 0) is 9.53 Å². The molecule has 26 heavy (non-hydrogen) atoms. The molecule has 5 atom stereocenters. The third-order valence-electron chi connectivity index (χ3n) is 6.56. The van der Waals surface area contributed by atoms with E-state index in [1.165, 1.54) is 6.07 Å². The summed E-state index contributed by atoms with van der Waals surface area (Å²) in [7, 11) is 0. The molecule has 8 heteroatoms. The molecule has 2 saturated heterocycles. The van der Waals surface area contributed by atoms with Gasteiger partial charge in [0.15, 0.2) is 5.69 Å². The van der Waals surface area contributed by atoms with Crippen LogP contribution in [0.4, 0.5) is 0 Å². The van der Waals surface area contributed by atoms with Crippen LogP contribution in [0.1, 0.15) is 29.0 Å². The van der Waals surface area contributed by atoms with E-state index >= 15 is 0 Å². The molecule has 4 fully saturated rings. The monoisotopic (exact) mass is 358 g/mol. The number of aromatic nitrogens is 2. The molecule has 0 aromatic carbocycles. The third kappa shape index (κ3) is 2.39. The number of likely N-dealkylation sites (tertiary alicyclic amines) is 1. The molecule has 1 spiro atoms. The third-order valence-corrected chi connectivity index (χ3v) is 6.56. The Morgan fingerprint density at radius 3 is 2.81 bits per heavy atom. The van der Waals surface area contributed by atoms with Gasteiger partial charge in [-0.15, -0.1) is 0 Å². The summed E-state index contributed by atoms with van der Waals surface area (Å²) in [6.07, 6.45) is 1.93. The number of fused-ring (bicyclic) bond motifs is 1. The number of nitrogens with zero attached hydrogens (tertiary/aromatic N) is 2. The van der Waals surface area contributed by atoms with Crippen LogP contribution in [0.5, 0.6) is 0 Å². The van der Waals surface area contributed by atoms with E-state index in [4.69, 9.17) is 4.74 Å². The second-order valence-corrected chi connectivity index (χ2v) is 8.26. The highest BCUT2D eigenvalue weighted by Gasteiger charge is 2.63. The molecule has 1 aromatic rings. The SMILES string of the molecule is Cc1cc(=O)c(C(=O)N2C[C@@H]3C(NC(=O)C4CC45CCOC5)[C@@H]3C2)n[nH]1. The molecule has 4 aliphatic rings. The number of hydrogen-bond donors (Lipinski definition) is 2. The van der Waals surface area contributed by atoms with Gasteiger partial charge in [0.05, 0.1) is 6.61 Å². The molecule has 2 aliphatic heterocycles. The zero-order chi connectivity index (χ0) is 18.1. The van der Waals surface area contributed by atoms with Gasteiger partial charge in [0.25, 0.3) is 5.91 Å². The molecule has 2 aliphatic carbocycles. The van der Waals surface area contributed by atoms with E-state index in [2.05, 4.69) is 15.5 Å². The molecule has 0 radical (unpaired) electrons. The Balaban J connectivity index is 1.17. The van der Waals surface area contributed by atoms with Gasteiger partial charge in [-0.3, -0.25) is 19.5 Å². The fraction of sp³-hybridized carbons (Fsp3) is 0.667. The van der Waals surface area contributed by atoms with Crippen LogP contribution in [0.2, 0.25) is 0 Å². The minimum atomic E-state index is -0.352. The number of nitrogens with one attached hydrogen (secondary N) is 2. The van der Waals surface area contributed by atoms with Crippen LogP contribution in [-0.4, -0.2) is 59.3 Å². The maximum absolute atomic E-state index is 12.5. The Hall–Kier alpha value is -2.22. The highest BCUT2D eigenvalue weighted by atomic mass is 16.5. The van der Waals surface area contributed by atoms with E-state index in [-0.39, 0.29) is 40.3 Å². The number of H-pyrrole nitrogens is 1. The Bertz CT molecular complexity index is 832. The van der Waals surface area contributed by atoms with Crippen molar-refractivity contribution in [1.29, 1.82) is 0 Å². The number of aromatic amines is 1. The van der Waals surface area contributed by atoms with Gasteiger partial charge in [0.2, 0.25) is 11.3 Å². The second kappa shape index (κ2) is 5.39. The Morgan fingerprint density at radius 2 is 2.15 bits per heavy atom. The van der Waals surface area contributed by atoms with Crippen LogP contribution in [0.15, 0.2) is 10.9 Å². The second-order valence-electron chi connectivity index (χ2n) is 8.26. The van der Waals surface area contributed by atoms with Crippen molar-refractivity contribution in [3.05, 3.63) is 27.7 Å². The number of rotatable bonds is 3. The van der Waals surface area contributed by atoms with Crippen molar-refractivity contribution >= 4 is 11.8 Å². The van der Waals surface area contributed by atoms with Crippen LogP contribution < -0.4 is 10.7 Å². The number of carbonyl (C=O) groups excluding carboxylic acids is 2. The van der Waals surface area contributed by atoms with Gasteiger partial charge in [-0.1, -0.05) is 0 Å². The number of carbonyl (C=O) groups is 2. The van der Waals surface area contributed by atoms with Crippen LogP contribution in [0, 0.1) is 30.1 Å². The van der Waals surface area contributed by atoms with Crippen LogP contribution in [0.3, 0.4) is 0 Å². The lowest BCUT2D eigenvalue weighted by Crippen LogP contribution is -2.40. The lowest BCUT2D eigenvalue weighted by molar-refractivity contribution is -0.123. The number of piperidine rings is 1. The highest BCUT2D eigenvalue weighted by Crippen LogP contribution is 2.58. The van der Waals surface area contributed by atoms with E-state index in [0.29, 0.717) is 37.2 Å². The largest absolute Gasteiger partial charge is 0.381 e. The van der Waals surface area contributed by atoms with Gasteiger partial charge in [-0.25, -0.2) is 0 Å². The molecule has 0 bridgehead atoms. The summed E-state index contributed by atoms with van der Waals surface area (Å²) in [4.78, 5) is 38.6. The van der Waals surface area contributed by atoms with Crippen molar-refractivity contribution in [1.82, 2.24) is 20.4 Å². The fourth-order valence-electron chi connectivity index (χ4n) is 4.75. The molecule has 2 saturated carbocycles. The summed E-state index contributed by atoms with van der Waals surface area (Å²) in [6.45, 7) is 4.35. The molecule has 1 aromatic heterocycles. The fourth-order valence-corrected chi connectivity index (χ4v) is 4.75. The van der Waals surface area contributed by atoms with Crippen molar-refractivity contribution in [2.45, 2.75) is 25.8 Å². The Kier molecular flexibility index (Phi) is 3.31. The topological polar surface area (TPSA) is 104 Å². The van der Waals surface area contributed by atoms with Crippen molar-refractivity contribution in [2.75, 3.05) is 26.3 Å². The first kappa shape index (κ1) is 16.0. The highest BCUT2D eigenvalue weighted by molar-refractivity contribution is 5.92. The molecule has 5 rings (SSSR count). The minimum absolute atomic E-state index is 0.0568. The van der Waals surface area contributed by atoms with Gasteiger partial charge in [-0.05, 0) is 19.8 Å². The number of amides is 2. The molecular weight excluding hydrogens is 336 g/mol. The standard InChI is InChI=1S/C18H22N4O4/c1-9-4-13(23)15(21-20-9)17(25)22-6-10-11(7-22)14(10)19-16(24)12-5-18(12)2-3-26-8-18/h4,10-12,14H,2-3,5-8H2,1H3,(H,19,24)(H,20,23)/t10-,11+,12?,14?,18?. The first-order valence-corrected chi connectivity index (χ1v) is 9.22. The molecule has 3 heterocycles. The smallest absolute Gasteiger partial charge is 0.278 e. The van der Waals surface area contributed by atoms with E-state index in [0.717, 1.165) is 19.4 Å². The molecule has 138 valence electrons. The lowest BCUT2D eigenvalue weighted by atomic mass is 10.0. The van der Waals surface area contributed by atoms with Gasteiger partial charge >= 0.3 is 0 Å². The average Bonchev–Trinajstić information content (AvgIpc) is 3.27. The van der Waals surface area contributed by atoms with E-state index in [1.807, 2.05) is 0 Å². The first-order chi connectivity index (χ1) is 12.5. The number of ether oxygens (including phenoxy) is 1. The van der Waals surface area contributed by atoms with Crippen molar-refractivity contribution in [2.24, 2.45) is 23.2 Å². The van der Waals surface area contributed by atoms with Crippen molar-refractivity contribution in [3.63, 3.8) is 0 Å². The van der Waals surface area contributed by atoms with E-state index in [1.54, 1.807) is 11.8 Å². The summed E-state index contributed by atoms with van der Waals surface area (Å²) in [6, 6.07) is 1.55. The summed E-state index contributed by atoms with van der Waals surface area (Å²) in [5, 5.41) is 9.74. The summed E-state index contributed by atoms with van der Waals surface area (Å²) >= 11 is 0. The maximum Gasteiger partial charge on any atom is 0.278 e. The predicted molar refractivity (Wildman–Crippen MR) is 90.4 cm³/mol. The average molecular weight is 358 g/mol. The zero-order valence-electron chi connectivity index (χ0n) is 14.7. The molecule has 8 nitrogen and oxygen atoms in total. The molecule has 2 amide bonds. The maximum atomic E-state index is 12.5. The van der Waals surface area contributed by atoms with Gasteiger partial charge < -0.3 is 15.0 Å². The molecule has 3 unspecified atom stereocenters. The van der Waals surface area contributed by atoms with Gasteiger partial charge in [0.1, 0.15) is 0 Å².